The molecule has 0 aliphatic carbocycles. The van der Waals surface area contributed by atoms with E-state index in [4.69, 9.17) is 23.7 Å². The fourth-order valence-electron chi connectivity index (χ4n) is 5.60. The first-order chi connectivity index (χ1) is 22.6. The Bertz CT molecular complexity index is 1510. The summed E-state index contributed by atoms with van der Waals surface area (Å²) in [5.74, 6) is -1.69. The van der Waals surface area contributed by atoms with Crippen LogP contribution < -0.4 is 15.4 Å². The van der Waals surface area contributed by atoms with Crippen molar-refractivity contribution >= 4 is 29.5 Å². The topological polar surface area (TPSA) is 142 Å². The second-order valence-electron chi connectivity index (χ2n) is 11.8. The third-order valence-corrected chi connectivity index (χ3v) is 8.41. The summed E-state index contributed by atoms with van der Waals surface area (Å²) in [5, 5.41) is 15.6. The van der Waals surface area contributed by atoms with Gasteiger partial charge in [0.15, 0.2) is 12.1 Å². The molecule has 2 saturated heterocycles. The molecule has 2 aliphatic rings. The molecule has 2 heterocycles. The molecular formula is C35H40N2O9S. The maximum atomic E-state index is 13.9. The molecular weight excluding hydrogens is 624 g/mol. The summed E-state index contributed by atoms with van der Waals surface area (Å²) >= 11 is 1.52. The highest BCUT2D eigenvalue weighted by atomic mass is 32.2. The highest BCUT2D eigenvalue weighted by Crippen LogP contribution is 2.40. The van der Waals surface area contributed by atoms with Crippen molar-refractivity contribution < 1.29 is 43.2 Å². The maximum absolute atomic E-state index is 13.9. The molecule has 3 N–H and O–H groups in total. The van der Waals surface area contributed by atoms with Crippen molar-refractivity contribution in [3.8, 4) is 11.5 Å². The first-order valence-corrected chi connectivity index (χ1v) is 16.8. The van der Waals surface area contributed by atoms with Crippen LogP contribution in [0.15, 0.2) is 84.9 Å². The number of hydrogen-bond donors (Lipinski definition) is 3. The van der Waals surface area contributed by atoms with E-state index in [0.29, 0.717) is 23.7 Å². The van der Waals surface area contributed by atoms with Gasteiger partial charge in [-0.15, -0.1) is 0 Å². The average molecular weight is 665 g/mol. The number of carboxylic acid groups (broad SMARTS) is 1. The van der Waals surface area contributed by atoms with E-state index in [1.54, 1.807) is 50.2 Å². The number of carboxylic acids is 1. The summed E-state index contributed by atoms with van der Waals surface area (Å²) in [6.45, 7) is 3.73. The SMILES string of the molecule is CSCC[C@H](NC(=O)c1ccccc1Oc1ccccc1)C(=O)N[C@H](CC(=O)O)[C@H]1O[C@@H]2OC(C)(C)O[C@@H]2[C@H]1OCc1ccccc1. The Hall–Kier alpha value is -3.94. The third kappa shape index (κ3) is 9.11. The lowest BCUT2D eigenvalue weighted by atomic mass is 9.99. The van der Waals surface area contributed by atoms with E-state index in [1.165, 1.54) is 11.8 Å². The molecule has 0 unspecified atom stereocenters. The number of para-hydroxylation sites is 2. The summed E-state index contributed by atoms with van der Waals surface area (Å²) in [7, 11) is 0. The van der Waals surface area contributed by atoms with Crippen LogP contribution in [0.4, 0.5) is 0 Å². The van der Waals surface area contributed by atoms with Crippen molar-refractivity contribution in [2.45, 2.75) is 75.8 Å². The molecule has 0 saturated carbocycles. The van der Waals surface area contributed by atoms with Crippen LogP contribution in [0.25, 0.3) is 0 Å². The smallest absolute Gasteiger partial charge is 0.305 e. The van der Waals surface area contributed by atoms with Crippen molar-refractivity contribution in [3.63, 3.8) is 0 Å². The zero-order valence-corrected chi connectivity index (χ0v) is 27.3. The van der Waals surface area contributed by atoms with Crippen molar-refractivity contribution in [2.24, 2.45) is 0 Å². The molecule has 3 aromatic carbocycles. The number of benzene rings is 3. The van der Waals surface area contributed by atoms with Gasteiger partial charge in [-0.3, -0.25) is 14.4 Å². The average Bonchev–Trinajstić information content (AvgIpc) is 3.53. The van der Waals surface area contributed by atoms with Crippen molar-refractivity contribution in [2.75, 3.05) is 12.0 Å². The van der Waals surface area contributed by atoms with Gasteiger partial charge in [0, 0.05) is 0 Å². The first-order valence-electron chi connectivity index (χ1n) is 15.4. The van der Waals surface area contributed by atoms with E-state index >= 15 is 0 Å². The van der Waals surface area contributed by atoms with Gasteiger partial charge in [-0.05, 0) is 62.1 Å². The minimum absolute atomic E-state index is 0.211. The Morgan fingerprint density at radius 3 is 2.32 bits per heavy atom. The highest BCUT2D eigenvalue weighted by molar-refractivity contribution is 7.98. The summed E-state index contributed by atoms with van der Waals surface area (Å²) in [6.07, 6.45) is -1.41. The van der Waals surface area contributed by atoms with Crippen LogP contribution in [0.3, 0.4) is 0 Å². The Labute approximate surface area is 278 Å². The summed E-state index contributed by atoms with van der Waals surface area (Å²) in [4.78, 5) is 39.5. The molecule has 2 amide bonds. The number of carbonyl (C=O) groups is 3. The maximum Gasteiger partial charge on any atom is 0.305 e. The molecule has 0 spiro atoms. The Morgan fingerprint density at radius 2 is 1.62 bits per heavy atom. The van der Waals surface area contributed by atoms with Gasteiger partial charge in [-0.25, -0.2) is 0 Å². The molecule has 0 aromatic heterocycles. The van der Waals surface area contributed by atoms with Crippen LogP contribution in [-0.4, -0.2) is 77.4 Å². The van der Waals surface area contributed by atoms with E-state index in [1.807, 2.05) is 54.8 Å². The molecule has 12 heteroatoms. The summed E-state index contributed by atoms with van der Waals surface area (Å²) < 4.78 is 30.5. The molecule has 2 aliphatic heterocycles. The lowest BCUT2D eigenvalue weighted by molar-refractivity contribution is -0.223. The van der Waals surface area contributed by atoms with Crippen molar-refractivity contribution in [1.82, 2.24) is 10.6 Å². The number of hydrogen-bond acceptors (Lipinski definition) is 9. The number of thioether (sulfide) groups is 1. The normalized spacial score (nSPS) is 22.5. The van der Waals surface area contributed by atoms with E-state index in [0.717, 1.165) is 5.56 Å². The Kier molecular flexibility index (Phi) is 11.5. The number of carbonyl (C=O) groups excluding carboxylic acids is 2. The number of amides is 2. The Morgan fingerprint density at radius 1 is 0.936 bits per heavy atom. The van der Waals surface area contributed by atoms with Gasteiger partial charge in [0.25, 0.3) is 5.91 Å². The molecule has 11 nitrogen and oxygen atoms in total. The van der Waals surface area contributed by atoms with Crippen LogP contribution in [0, 0.1) is 0 Å². The van der Waals surface area contributed by atoms with E-state index in [-0.39, 0.29) is 12.2 Å². The predicted octanol–water partition coefficient (Wildman–Crippen LogP) is 4.75. The second-order valence-corrected chi connectivity index (χ2v) is 12.7. The summed E-state index contributed by atoms with van der Waals surface area (Å²) in [6, 6.07) is 23.3. The zero-order valence-electron chi connectivity index (χ0n) is 26.5. The van der Waals surface area contributed by atoms with Gasteiger partial charge in [0.05, 0.1) is 24.6 Å². The molecule has 0 radical (unpaired) electrons. The van der Waals surface area contributed by atoms with E-state index < -0.39 is 66.7 Å². The number of nitrogens with one attached hydrogen (secondary N) is 2. The largest absolute Gasteiger partial charge is 0.481 e. The second kappa shape index (κ2) is 15.8. The van der Waals surface area contributed by atoms with Gasteiger partial charge in [0.1, 0.15) is 35.9 Å². The molecule has 2 fully saturated rings. The number of rotatable bonds is 15. The fourth-order valence-corrected chi connectivity index (χ4v) is 6.08. The fraction of sp³-hybridized carbons (Fsp3) is 0.400. The number of ether oxygens (including phenoxy) is 5. The quantitative estimate of drug-likeness (QED) is 0.208. The van der Waals surface area contributed by atoms with Crippen molar-refractivity contribution in [3.05, 3.63) is 96.1 Å². The number of aliphatic carboxylic acids is 1. The Balaban J connectivity index is 1.34. The predicted molar refractivity (Wildman–Crippen MR) is 175 cm³/mol. The minimum Gasteiger partial charge on any atom is -0.481 e. The number of fused-ring (bicyclic) bond motifs is 1. The monoisotopic (exact) mass is 664 g/mol. The molecule has 3 aromatic rings. The van der Waals surface area contributed by atoms with Gasteiger partial charge in [-0.2, -0.15) is 11.8 Å². The minimum atomic E-state index is -1.14. The molecule has 47 heavy (non-hydrogen) atoms. The van der Waals surface area contributed by atoms with Crippen LogP contribution in [0.2, 0.25) is 0 Å². The third-order valence-electron chi connectivity index (χ3n) is 7.77. The zero-order chi connectivity index (χ0) is 33.4. The molecule has 250 valence electrons. The standard InChI is InChI=1S/C35H40N2O9S/c1-35(2)45-31-30(42-21-22-12-6-4-7-13-22)29(44-34(31)46-35)26(20-28(38)39)37-33(41)25(18-19-47-3)36-32(40)24-16-10-11-17-27(24)43-23-14-8-5-9-15-23/h4-17,25-26,29-31,34H,18-21H2,1-3H3,(H,36,40)(H,37,41)(H,38,39)/t25-,26+,29+,30-,31+,34+/m0/s1. The van der Waals surface area contributed by atoms with Crippen LogP contribution in [0.5, 0.6) is 11.5 Å². The molecule has 5 rings (SSSR count). The highest BCUT2D eigenvalue weighted by Gasteiger charge is 2.57. The van der Waals surface area contributed by atoms with Gasteiger partial charge >= 0.3 is 5.97 Å². The molecule has 0 bridgehead atoms. The lowest BCUT2D eigenvalue weighted by Gasteiger charge is -2.32. The molecule has 6 atom stereocenters. The van der Waals surface area contributed by atoms with Crippen LogP contribution in [0.1, 0.15) is 42.6 Å². The first kappa shape index (κ1) is 34.4. The van der Waals surface area contributed by atoms with Crippen molar-refractivity contribution in [1.29, 1.82) is 0 Å². The van der Waals surface area contributed by atoms with Crippen LogP contribution in [-0.2, 0) is 35.1 Å². The lowest BCUT2D eigenvalue weighted by Crippen LogP contribution is -2.56. The van der Waals surface area contributed by atoms with E-state index in [2.05, 4.69) is 10.6 Å². The van der Waals surface area contributed by atoms with Gasteiger partial charge in [0.2, 0.25) is 5.91 Å². The summed E-state index contributed by atoms with van der Waals surface area (Å²) in [5.41, 5.74) is 1.15. The van der Waals surface area contributed by atoms with Gasteiger partial charge in [-0.1, -0.05) is 60.7 Å². The van der Waals surface area contributed by atoms with E-state index in [9.17, 15) is 19.5 Å². The van der Waals surface area contributed by atoms with Gasteiger partial charge < -0.3 is 39.4 Å². The van der Waals surface area contributed by atoms with Crippen LogP contribution >= 0.6 is 11.8 Å².